The lowest BCUT2D eigenvalue weighted by Gasteiger charge is -2.12. The van der Waals surface area contributed by atoms with Gasteiger partial charge in [-0.2, -0.15) is 5.10 Å². The molecular weight excluding hydrogens is 394 g/mol. The zero-order valence-electron chi connectivity index (χ0n) is 16.4. The van der Waals surface area contributed by atoms with Crippen molar-refractivity contribution in [1.82, 2.24) is 14.7 Å². The second-order valence-electron chi connectivity index (χ2n) is 6.82. The van der Waals surface area contributed by atoms with Gasteiger partial charge in [-0.15, -0.1) is 0 Å². The maximum Gasteiger partial charge on any atom is 0.331 e. The lowest BCUT2D eigenvalue weighted by atomic mass is 10.1. The standard InChI is InChI=1S/C21H22ClN3O4/c1-14-17(15(2)25(23-14)12-16-6-3-4-7-18(16)22)9-10-21(28)29-13-20(27)24-11-5-8-19(24)26/h3-4,6-7,9-10H,5,8,11-13H2,1-2H3/b10-9+. The molecule has 0 spiro atoms. The molecule has 7 nitrogen and oxygen atoms in total. The molecule has 2 heterocycles. The first-order chi connectivity index (χ1) is 13.9. The van der Waals surface area contributed by atoms with Crippen LogP contribution in [0.25, 0.3) is 6.08 Å². The van der Waals surface area contributed by atoms with E-state index < -0.39 is 18.5 Å². The summed E-state index contributed by atoms with van der Waals surface area (Å²) < 4.78 is 6.79. The highest BCUT2D eigenvalue weighted by atomic mass is 35.5. The van der Waals surface area contributed by atoms with Gasteiger partial charge in [-0.3, -0.25) is 19.2 Å². The molecule has 152 valence electrons. The molecule has 1 saturated heterocycles. The van der Waals surface area contributed by atoms with E-state index >= 15 is 0 Å². The summed E-state index contributed by atoms with van der Waals surface area (Å²) in [4.78, 5) is 36.6. The Morgan fingerprint density at radius 3 is 2.72 bits per heavy atom. The van der Waals surface area contributed by atoms with Gasteiger partial charge in [0.25, 0.3) is 5.91 Å². The number of ether oxygens (including phenoxy) is 1. The molecule has 0 bridgehead atoms. The normalized spacial score (nSPS) is 14.0. The summed E-state index contributed by atoms with van der Waals surface area (Å²) in [6, 6.07) is 7.56. The molecule has 0 unspecified atom stereocenters. The number of aromatic nitrogens is 2. The van der Waals surface area contributed by atoms with E-state index in [4.69, 9.17) is 16.3 Å². The molecule has 29 heavy (non-hydrogen) atoms. The van der Waals surface area contributed by atoms with Gasteiger partial charge in [-0.1, -0.05) is 29.8 Å². The third kappa shape index (κ3) is 4.92. The van der Waals surface area contributed by atoms with Crippen molar-refractivity contribution in [2.75, 3.05) is 13.2 Å². The highest BCUT2D eigenvalue weighted by Gasteiger charge is 2.26. The number of nitrogens with zero attached hydrogens (tertiary/aromatic N) is 3. The third-order valence-electron chi connectivity index (χ3n) is 4.81. The summed E-state index contributed by atoms with van der Waals surface area (Å²) in [6.45, 7) is 4.21. The highest BCUT2D eigenvalue weighted by molar-refractivity contribution is 6.31. The maximum atomic E-state index is 12.0. The van der Waals surface area contributed by atoms with Crippen LogP contribution in [0.4, 0.5) is 0 Å². The number of benzene rings is 1. The van der Waals surface area contributed by atoms with Gasteiger partial charge in [0.1, 0.15) is 0 Å². The van der Waals surface area contributed by atoms with Crippen LogP contribution >= 0.6 is 11.6 Å². The molecule has 0 saturated carbocycles. The SMILES string of the molecule is Cc1nn(Cc2ccccc2Cl)c(C)c1/C=C/C(=O)OCC(=O)N1CCCC1=O. The van der Waals surface area contributed by atoms with Gasteiger partial charge in [0, 0.05) is 35.3 Å². The monoisotopic (exact) mass is 415 g/mol. The van der Waals surface area contributed by atoms with Crippen molar-refractivity contribution in [3.8, 4) is 0 Å². The summed E-state index contributed by atoms with van der Waals surface area (Å²) in [5.74, 6) is -1.37. The zero-order chi connectivity index (χ0) is 21.0. The number of halogens is 1. The Hall–Kier alpha value is -2.93. The molecule has 0 N–H and O–H groups in total. The van der Waals surface area contributed by atoms with Gasteiger partial charge in [-0.25, -0.2) is 4.79 Å². The van der Waals surface area contributed by atoms with Crippen molar-refractivity contribution in [2.24, 2.45) is 0 Å². The molecular formula is C21H22ClN3O4. The molecule has 2 amide bonds. The number of likely N-dealkylation sites (tertiary alicyclic amines) is 1. The number of carbonyl (C=O) groups is 3. The topological polar surface area (TPSA) is 81.5 Å². The Balaban J connectivity index is 1.62. The largest absolute Gasteiger partial charge is 0.452 e. The van der Waals surface area contributed by atoms with Crippen LogP contribution < -0.4 is 0 Å². The van der Waals surface area contributed by atoms with Crippen LogP contribution in [-0.2, 0) is 25.7 Å². The summed E-state index contributed by atoms with van der Waals surface area (Å²) in [5.41, 5.74) is 3.39. The first-order valence-corrected chi connectivity index (χ1v) is 9.70. The molecule has 0 aliphatic carbocycles. The van der Waals surface area contributed by atoms with Crippen LogP contribution in [0.3, 0.4) is 0 Å². The van der Waals surface area contributed by atoms with Crippen LogP contribution in [0.1, 0.15) is 35.4 Å². The second kappa shape index (κ2) is 9.05. The molecule has 0 radical (unpaired) electrons. The average Bonchev–Trinajstić information content (AvgIpc) is 3.23. The van der Waals surface area contributed by atoms with E-state index in [1.165, 1.54) is 6.08 Å². The summed E-state index contributed by atoms with van der Waals surface area (Å²) >= 11 is 6.22. The van der Waals surface area contributed by atoms with Crippen molar-refractivity contribution in [2.45, 2.75) is 33.2 Å². The number of hydrogen-bond donors (Lipinski definition) is 0. The summed E-state index contributed by atoms with van der Waals surface area (Å²) in [7, 11) is 0. The third-order valence-corrected chi connectivity index (χ3v) is 5.18. The number of hydrogen-bond acceptors (Lipinski definition) is 5. The van der Waals surface area contributed by atoms with Crippen molar-refractivity contribution in [1.29, 1.82) is 0 Å². The fourth-order valence-electron chi connectivity index (χ4n) is 3.22. The number of amides is 2. The highest BCUT2D eigenvalue weighted by Crippen LogP contribution is 2.20. The van der Waals surface area contributed by atoms with Gasteiger partial charge < -0.3 is 4.74 Å². The van der Waals surface area contributed by atoms with Gasteiger partial charge in [0.05, 0.1) is 12.2 Å². The van der Waals surface area contributed by atoms with Crippen molar-refractivity contribution >= 4 is 35.5 Å². The number of imide groups is 1. The van der Waals surface area contributed by atoms with Crippen LogP contribution in [-0.4, -0.2) is 45.6 Å². The van der Waals surface area contributed by atoms with E-state index in [1.54, 1.807) is 6.08 Å². The molecule has 0 atom stereocenters. The minimum absolute atomic E-state index is 0.223. The lowest BCUT2D eigenvalue weighted by molar-refractivity contribution is -0.151. The Morgan fingerprint density at radius 2 is 2.03 bits per heavy atom. The van der Waals surface area contributed by atoms with Gasteiger partial charge in [0.2, 0.25) is 5.91 Å². The zero-order valence-corrected chi connectivity index (χ0v) is 17.1. The van der Waals surface area contributed by atoms with E-state index in [2.05, 4.69) is 5.10 Å². The molecule has 1 aromatic carbocycles. The van der Waals surface area contributed by atoms with Gasteiger partial charge in [-0.05, 0) is 38.0 Å². The van der Waals surface area contributed by atoms with Crippen molar-refractivity contribution < 1.29 is 19.1 Å². The maximum absolute atomic E-state index is 12.0. The fraction of sp³-hybridized carbons (Fsp3) is 0.333. The van der Waals surface area contributed by atoms with E-state index in [1.807, 2.05) is 42.8 Å². The predicted octanol–water partition coefficient (Wildman–Crippen LogP) is 2.91. The van der Waals surface area contributed by atoms with E-state index in [0.717, 1.165) is 27.4 Å². The van der Waals surface area contributed by atoms with E-state index in [-0.39, 0.29) is 5.91 Å². The van der Waals surface area contributed by atoms with Crippen LogP contribution in [0.5, 0.6) is 0 Å². The number of rotatable bonds is 6. The first kappa shape index (κ1) is 20.8. The Morgan fingerprint density at radius 1 is 1.28 bits per heavy atom. The predicted molar refractivity (Wildman–Crippen MR) is 108 cm³/mol. The van der Waals surface area contributed by atoms with E-state index in [0.29, 0.717) is 31.0 Å². The molecule has 8 heteroatoms. The second-order valence-corrected chi connectivity index (χ2v) is 7.22. The molecule has 1 aliphatic heterocycles. The number of aryl methyl sites for hydroxylation is 1. The smallest absolute Gasteiger partial charge is 0.331 e. The molecule has 1 aromatic heterocycles. The Bertz CT molecular complexity index is 980. The Labute approximate surface area is 173 Å². The average molecular weight is 416 g/mol. The van der Waals surface area contributed by atoms with Crippen LogP contribution in [0.2, 0.25) is 5.02 Å². The first-order valence-electron chi connectivity index (χ1n) is 9.32. The molecule has 1 aliphatic rings. The Kier molecular flexibility index (Phi) is 6.49. The van der Waals surface area contributed by atoms with Crippen molar-refractivity contribution in [3.63, 3.8) is 0 Å². The molecule has 3 rings (SSSR count). The van der Waals surface area contributed by atoms with Gasteiger partial charge in [0.15, 0.2) is 6.61 Å². The molecule has 1 fully saturated rings. The van der Waals surface area contributed by atoms with Gasteiger partial charge >= 0.3 is 5.97 Å². The number of esters is 1. The quantitative estimate of drug-likeness (QED) is 0.535. The summed E-state index contributed by atoms with van der Waals surface area (Å²) in [5, 5.41) is 5.18. The van der Waals surface area contributed by atoms with E-state index in [9.17, 15) is 14.4 Å². The van der Waals surface area contributed by atoms with Crippen molar-refractivity contribution in [3.05, 3.63) is 57.9 Å². The number of carbonyl (C=O) groups excluding carboxylic acids is 3. The lowest BCUT2D eigenvalue weighted by Crippen LogP contribution is -2.35. The molecule has 2 aromatic rings. The van der Waals surface area contributed by atoms with Crippen LogP contribution in [0.15, 0.2) is 30.3 Å². The minimum atomic E-state index is -0.650. The minimum Gasteiger partial charge on any atom is -0.452 e. The fourth-order valence-corrected chi connectivity index (χ4v) is 3.41. The van der Waals surface area contributed by atoms with Crippen LogP contribution in [0, 0.1) is 13.8 Å². The summed E-state index contributed by atoms with van der Waals surface area (Å²) in [6.07, 6.45) is 3.88.